The van der Waals surface area contributed by atoms with Crippen molar-refractivity contribution in [2.45, 2.75) is 66.0 Å². The number of hydrogen-bond acceptors (Lipinski definition) is 4. The number of nitrogens with one attached hydrogen (secondary N) is 1. The summed E-state index contributed by atoms with van der Waals surface area (Å²) in [5.41, 5.74) is 2.78. The Labute approximate surface area is 168 Å². The highest BCUT2D eigenvalue weighted by molar-refractivity contribution is 5.94. The van der Waals surface area contributed by atoms with Crippen LogP contribution in [-0.2, 0) is 5.54 Å². The Balaban J connectivity index is 1.66. The standard InChI is InChI=1S/C22H33N5O/c1-15-9-11-26(12-10-15)21(28)18-7-8-20(23-13-18)24-16(2)19-14-27(22(4,5)6)25-17(19)3/h7-8,13-16H,9-12H2,1-6H3,(H,23,24). The molecule has 6 nitrogen and oxygen atoms in total. The van der Waals surface area contributed by atoms with Gasteiger partial charge in [0.1, 0.15) is 5.82 Å². The Morgan fingerprint density at radius 1 is 1.25 bits per heavy atom. The number of carbonyl (C=O) groups excluding carboxylic acids is 1. The average molecular weight is 384 g/mol. The number of rotatable bonds is 4. The number of likely N-dealkylation sites (tertiary alicyclic amines) is 1. The predicted octanol–water partition coefficient (Wildman–Crippen LogP) is 4.39. The van der Waals surface area contributed by atoms with Crippen molar-refractivity contribution in [2.75, 3.05) is 18.4 Å². The van der Waals surface area contributed by atoms with Crippen LogP contribution in [0.2, 0.25) is 0 Å². The second kappa shape index (κ2) is 7.94. The Bertz CT molecular complexity index is 810. The summed E-state index contributed by atoms with van der Waals surface area (Å²) >= 11 is 0. The van der Waals surface area contributed by atoms with E-state index in [0.717, 1.165) is 43.0 Å². The highest BCUT2D eigenvalue weighted by atomic mass is 16.2. The van der Waals surface area contributed by atoms with E-state index in [1.54, 1.807) is 6.20 Å². The van der Waals surface area contributed by atoms with Crippen molar-refractivity contribution in [3.63, 3.8) is 0 Å². The zero-order valence-corrected chi connectivity index (χ0v) is 18.0. The Hall–Kier alpha value is -2.37. The fourth-order valence-electron chi connectivity index (χ4n) is 3.54. The van der Waals surface area contributed by atoms with Crippen molar-refractivity contribution in [3.05, 3.63) is 41.3 Å². The van der Waals surface area contributed by atoms with Crippen LogP contribution in [0, 0.1) is 12.8 Å². The molecule has 0 saturated carbocycles. The summed E-state index contributed by atoms with van der Waals surface area (Å²) in [6, 6.07) is 3.84. The van der Waals surface area contributed by atoms with E-state index >= 15 is 0 Å². The van der Waals surface area contributed by atoms with E-state index in [9.17, 15) is 4.79 Å². The molecule has 0 spiro atoms. The number of anilines is 1. The maximum Gasteiger partial charge on any atom is 0.255 e. The average Bonchev–Trinajstić information content (AvgIpc) is 3.05. The first-order valence-electron chi connectivity index (χ1n) is 10.2. The molecule has 1 saturated heterocycles. The van der Waals surface area contributed by atoms with E-state index in [2.05, 4.69) is 56.2 Å². The first-order chi connectivity index (χ1) is 13.1. The van der Waals surface area contributed by atoms with Crippen LogP contribution in [0.1, 0.15) is 75.1 Å². The number of piperidine rings is 1. The molecule has 152 valence electrons. The molecule has 3 rings (SSSR count). The summed E-state index contributed by atoms with van der Waals surface area (Å²) in [7, 11) is 0. The maximum absolute atomic E-state index is 12.7. The molecule has 1 amide bonds. The molecule has 0 radical (unpaired) electrons. The minimum atomic E-state index is -0.0464. The van der Waals surface area contributed by atoms with Crippen LogP contribution in [0.3, 0.4) is 0 Å². The van der Waals surface area contributed by atoms with E-state index in [4.69, 9.17) is 0 Å². The van der Waals surface area contributed by atoms with Gasteiger partial charge in [0.25, 0.3) is 5.91 Å². The summed E-state index contributed by atoms with van der Waals surface area (Å²) < 4.78 is 2.00. The maximum atomic E-state index is 12.7. The quantitative estimate of drug-likeness (QED) is 0.851. The molecule has 0 bridgehead atoms. The first kappa shape index (κ1) is 20.4. The largest absolute Gasteiger partial charge is 0.363 e. The van der Waals surface area contributed by atoms with Gasteiger partial charge < -0.3 is 10.2 Å². The molecule has 1 fully saturated rings. The molecule has 0 aromatic carbocycles. The van der Waals surface area contributed by atoms with Crippen LogP contribution in [0.4, 0.5) is 5.82 Å². The van der Waals surface area contributed by atoms with Gasteiger partial charge >= 0.3 is 0 Å². The first-order valence-corrected chi connectivity index (χ1v) is 10.2. The van der Waals surface area contributed by atoms with Crippen LogP contribution in [0.25, 0.3) is 0 Å². The van der Waals surface area contributed by atoms with Gasteiger partial charge in [0.15, 0.2) is 0 Å². The molecule has 1 aliphatic heterocycles. The highest BCUT2D eigenvalue weighted by Crippen LogP contribution is 2.24. The van der Waals surface area contributed by atoms with Crippen molar-refractivity contribution >= 4 is 11.7 Å². The highest BCUT2D eigenvalue weighted by Gasteiger charge is 2.22. The van der Waals surface area contributed by atoms with Crippen molar-refractivity contribution in [3.8, 4) is 0 Å². The number of aromatic nitrogens is 3. The van der Waals surface area contributed by atoms with Crippen LogP contribution < -0.4 is 5.32 Å². The van der Waals surface area contributed by atoms with Gasteiger partial charge in [-0.3, -0.25) is 9.48 Å². The molecule has 2 aromatic heterocycles. The predicted molar refractivity (Wildman–Crippen MR) is 113 cm³/mol. The molecule has 1 aliphatic rings. The number of pyridine rings is 1. The van der Waals surface area contributed by atoms with E-state index in [0.29, 0.717) is 11.5 Å². The van der Waals surface area contributed by atoms with E-state index in [1.165, 1.54) is 0 Å². The smallest absolute Gasteiger partial charge is 0.255 e. The van der Waals surface area contributed by atoms with E-state index in [1.807, 2.05) is 28.6 Å². The molecule has 1 atom stereocenters. The van der Waals surface area contributed by atoms with Gasteiger partial charge in [-0.1, -0.05) is 6.92 Å². The zero-order chi connectivity index (χ0) is 20.5. The van der Waals surface area contributed by atoms with Crippen molar-refractivity contribution < 1.29 is 4.79 Å². The number of nitrogens with zero attached hydrogens (tertiary/aromatic N) is 4. The molecule has 28 heavy (non-hydrogen) atoms. The third kappa shape index (κ3) is 4.54. The van der Waals surface area contributed by atoms with Crippen molar-refractivity contribution in [1.29, 1.82) is 0 Å². The van der Waals surface area contributed by atoms with Gasteiger partial charge in [-0.15, -0.1) is 0 Å². The number of aryl methyl sites for hydroxylation is 1. The van der Waals surface area contributed by atoms with E-state index in [-0.39, 0.29) is 17.5 Å². The lowest BCUT2D eigenvalue weighted by Gasteiger charge is -2.30. The molecule has 1 unspecified atom stereocenters. The summed E-state index contributed by atoms with van der Waals surface area (Å²) in [4.78, 5) is 19.1. The molecule has 3 heterocycles. The van der Waals surface area contributed by atoms with Crippen LogP contribution in [0.15, 0.2) is 24.5 Å². The van der Waals surface area contributed by atoms with Gasteiger partial charge in [-0.2, -0.15) is 5.10 Å². The topological polar surface area (TPSA) is 63.1 Å². The molecular weight excluding hydrogens is 350 g/mol. The lowest BCUT2D eigenvalue weighted by atomic mass is 9.99. The molecule has 1 N–H and O–H groups in total. The van der Waals surface area contributed by atoms with Gasteiger partial charge in [0, 0.05) is 31.0 Å². The third-order valence-electron chi connectivity index (χ3n) is 5.54. The lowest BCUT2D eigenvalue weighted by molar-refractivity contribution is 0.0697. The number of amides is 1. The monoisotopic (exact) mass is 383 g/mol. The number of hydrogen-bond donors (Lipinski definition) is 1. The SMILES string of the molecule is Cc1nn(C(C)(C)C)cc1C(C)Nc1ccc(C(=O)N2CCC(C)CC2)cn1. The Morgan fingerprint density at radius 3 is 2.46 bits per heavy atom. The van der Waals surface area contributed by atoms with E-state index < -0.39 is 0 Å². The summed E-state index contributed by atoms with van der Waals surface area (Å²) in [6.07, 6.45) is 5.94. The molecular formula is C22H33N5O. The van der Waals surface area contributed by atoms with Gasteiger partial charge in [-0.25, -0.2) is 4.98 Å². The number of carbonyl (C=O) groups is 1. The second-order valence-corrected chi connectivity index (χ2v) is 9.06. The lowest BCUT2D eigenvalue weighted by Crippen LogP contribution is -2.37. The van der Waals surface area contributed by atoms with Crippen LogP contribution >= 0.6 is 0 Å². The second-order valence-electron chi connectivity index (χ2n) is 9.06. The Morgan fingerprint density at radius 2 is 1.93 bits per heavy atom. The van der Waals surface area contributed by atoms with Crippen LogP contribution in [0.5, 0.6) is 0 Å². The normalized spacial score (nSPS) is 16.9. The minimum absolute atomic E-state index is 0.0464. The molecule has 2 aromatic rings. The van der Waals surface area contributed by atoms with Crippen molar-refractivity contribution in [2.24, 2.45) is 5.92 Å². The van der Waals surface area contributed by atoms with Gasteiger partial charge in [0.2, 0.25) is 0 Å². The summed E-state index contributed by atoms with van der Waals surface area (Å²) in [5.74, 6) is 1.56. The molecule has 6 heteroatoms. The van der Waals surface area contributed by atoms with Crippen molar-refractivity contribution in [1.82, 2.24) is 19.7 Å². The zero-order valence-electron chi connectivity index (χ0n) is 18.0. The summed E-state index contributed by atoms with van der Waals surface area (Å²) in [5, 5.41) is 8.07. The fourth-order valence-corrected chi connectivity index (χ4v) is 3.54. The minimum Gasteiger partial charge on any atom is -0.363 e. The molecule has 0 aliphatic carbocycles. The fraction of sp³-hybridized carbons (Fsp3) is 0.591. The third-order valence-corrected chi connectivity index (χ3v) is 5.54. The van der Waals surface area contributed by atoms with Gasteiger partial charge in [-0.05, 0) is 65.5 Å². The van der Waals surface area contributed by atoms with Gasteiger partial charge in [0.05, 0.1) is 22.8 Å². The van der Waals surface area contributed by atoms with Crippen LogP contribution in [-0.4, -0.2) is 38.7 Å². The Kier molecular flexibility index (Phi) is 5.77. The summed E-state index contributed by atoms with van der Waals surface area (Å²) in [6.45, 7) is 14.5.